The maximum atomic E-state index is 12.9. The molecule has 7 heterocycles. The van der Waals surface area contributed by atoms with Crippen molar-refractivity contribution in [3.8, 4) is 0 Å². The Morgan fingerprint density at radius 2 is 1.54 bits per heavy atom. The van der Waals surface area contributed by atoms with Crippen molar-refractivity contribution < 1.29 is 9.22 Å². The Morgan fingerprint density at radius 1 is 0.913 bits per heavy atom. The van der Waals surface area contributed by atoms with Crippen LogP contribution in [0.25, 0.3) is 0 Å². The molecule has 8 rings (SSSR count). The molecular weight excluding hydrogens is 578 g/mol. The largest absolute Gasteiger partial charge is 0.379 e. The van der Waals surface area contributed by atoms with Crippen LogP contribution in [0.2, 0.25) is 0 Å². The summed E-state index contributed by atoms with van der Waals surface area (Å²) < 4.78 is 6.34. The van der Waals surface area contributed by atoms with Crippen LogP contribution in [-0.2, 0) is 4.74 Å². The summed E-state index contributed by atoms with van der Waals surface area (Å²) in [7, 11) is 0. The van der Waals surface area contributed by atoms with E-state index in [4.69, 9.17) is 24.7 Å². The molecule has 1 saturated carbocycles. The van der Waals surface area contributed by atoms with Crippen molar-refractivity contribution in [1.29, 1.82) is 0 Å². The predicted molar refractivity (Wildman–Crippen MR) is 178 cm³/mol. The maximum Gasteiger partial charge on any atom is 0.321 e. The van der Waals surface area contributed by atoms with E-state index >= 15 is 0 Å². The molecule has 4 unspecified atom stereocenters. The normalized spacial score (nSPS) is 38.0. The zero-order valence-electron chi connectivity index (χ0n) is 29.3. The smallest absolute Gasteiger partial charge is 0.321 e. The monoisotopic (exact) mass is 632 g/mol. The van der Waals surface area contributed by atoms with Crippen molar-refractivity contribution in [3.05, 3.63) is 6.33 Å². The lowest BCUT2D eigenvalue weighted by Crippen LogP contribution is -3.02. The highest BCUT2D eigenvalue weighted by Gasteiger charge is 2.86. The van der Waals surface area contributed by atoms with Gasteiger partial charge in [0.05, 0.1) is 31.0 Å². The molecule has 4 saturated heterocycles. The fourth-order valence-corrected chi connectivity index (χ4v) is 11.5. The molecule has 250 valence electrons. The number of rotatable bonds is 2. The van der Waals surface area contributed by atoms with Crippen LogP contribution in [0.5, 0.6) is 0 Å². The number of hydrogen-bond donors (Lipinski definition) is 1. The van der Waals surface area contributed by atoms with Gasteiger partial charge in [0, 0.05) is 29.6 Å². The lowest BCUT2D eigenvalue weighted by Gasteiger charge is -2.78. The van der Waals surface area contributed by atoms with Gasteiger partial charge in [0.15, 0.2) is 6.29 Å². The zero-order chi connectivity index (χ0) is 32.5. The summed E-state index contributed by atoms with van der Waals surface area (Å²) in [5, 5.41) is 3.84. The fourth-order valence-electron chi connectivity index (χ4n) is 11.5. The molecule has 2 radical (unpaired) electrons. The Morgan fingerprint density at radius 3 is 2.20 bits per heavy atom. The molecule has 1 aromatic heterocycles. The fraction of sp³-hybridized carbons (Fsp3) is 0.853. The van der Waals surface area contributed by atoms with Crippen molar-refractivity contribution in [3.63, 3.8) is 0 Å². The molecule has 12 heteroatoms. The van der Waals surface area contributed by atoms with E-state index in [2.05, 4.69) is 80.4 Å². The van der Waals surface area contributed by atoms with E-state index in [9.17, 15) is 5.73 Å². The molecule has 4 bridgehead atoms. The standard InChI is InChI=1S/C34H54N11O/c1-30(2)19-22(20-31(3,4)41-30)38-24-23(35)34(13-11-9-10-12-14-34)33(7,8)45(32(24,5)6)28-40-27(42-15-17-46-18-16-42)43-25-36-21-37-26(39-25)44(28)29(43)45/h21-23,27,29,41H,9-20H2,1-8H3/q+1. The highest BCUT2D eigenvalue weighted by atomic mass is 16.5. The number of quaternary nitrogens is 1. The second-order valence-corrected chi connectivity index (χ2v) is 17.4. The summed E-state index contributed by atoms with van der Waals surface area (Å²) in [6.45, 7) is 21.7. The van der Waals surface area contributed by atoms with Crippen molar-refractivity contribution in [2.24, 2.45) is 15.4 Å². The molecule has 2 spiro atoms. The Kier molecular flexibility index (Phi) is 6.68. The lowest BCUT2D eigenvalue weighted by atomic mass is 9.52. The van der Waals surface area contributed by atoms with Gasteiger partial charge in [0.1, 0.15) is 17.4 Å². The summed E-state index contributed by atoms with van der Waals surface area (Å²) >= 11 is 0. The van der Waals surface area contributed by atoms with Gasteiger partial charge in [-0.25, -0.2) is 19.4 Å². The van der Waals surface area contributed by atoms with E-state index in [1.165, 1.54) is 12.8 Å². The third-order valence-electron chi connectivity index (χ3n) is 13.1. The lowest BCUT2D eigenvalue weighted by molar-refractivity contribution is -0.984. The Labute approximate surface area is 274 Å². The molecule has 12 nitrogen and oxygen atoms in total. The molecule has 0 amide bonds. The third kappa shape index (κ3) is 3.88. The first kappa shape index (κ1) is 31.0. The van der Waals surface area contributed by atoms with Crippen LogP contribution < -0.4 is 20.9 Å². The third-order valence-corrected chi connectivity index (χ3v) is 13.1. The van der Waals surface area contributed by atoms with E-state index in [1.807, 2.05) is 0 Å². The van der Waals surface area contributed by atoms with Gasteiger partial charge >= 0.3 is 5.96 Å². The van der Waals surface area contributed by atoms with Gasteiger partial charge in [-0.05, 0) is 81.1 Å². The molecule has 6 aliphatic heterocycles. The minimum Gasteiger partial charge on any atom is -0.379 e. The van der Waals surface area contributed by atoms with Crippen molar-refractivity contribution >= 4 is 23.6 Å². The number of aliphatic imine (C=N–C) groups is 2. The molecule has 4 atom stereocenters. The first-order valence-corrected chi connectivity index (χ1v) is 17.8. The van der Waals surface area contributed by atoms with Crippen molar-refractivity contribution in [1.82, 2.24) is 30.9 Å². The molecule has 46 heavy (non-hydrogen) atoms. The summed E-state index contributed by atoms with van der Waals surface area (Å²) in [6.07, 6.45) is 9.76. The molecule has 1 aromatic rings. The minimum atomic E-state index is -0.630. The first-order valence-electron chi connectivity index (χ1n) is 17.8. The van der Waals surface area contributed by atoms with Gasteiger partial charge < -0.3 is 10.1 Å². The van der Waals surface area contributed by atoms with Crippen molar-refractivity contribution in [2.75, 3.05) is 36.1 Å². The van der Waals surface area contributed by atoms with Crippen LogP contribution in [0.3, 0.4) is 0 Å². The molecular formula is C34H54N11O+. The summed E-state index contributed by atoms with van der Waals surface area (Å²) in [4.78, 5) is 32.8. The second kappa shape index (κ2) is 9.90. The number of guanidine groups is 1. The molecule has 1 aliphatic carbocycles. The number of aromatic nitrogens is 3. The van der Waals surface area contributed by atoms with Gasteiger partial charge in [-0.2, -0.15) is 14.9 Å². The number of piperidine rings is 2. The van der Waals surface area contributed by atoms with E-state index in [0.29, 0.717) is 29.6 Å². The van der Waals surface area contributed by atoms with Crippen LogP contribution in [0.1, 0.15) is 107 Å². The molecule has 5 fully saturated rings. The van der Waals surface area contributed by atoms with Crippen LogP contribution in [0, 0.1) is 5.41 Å². The van der Waals surface area contributed by atoms with Gasteiger partial charge in [-0.15, -0.1) is 5.73 Å². The number of morpholine rings is 1. The Hall–Kier alpha value is -2.25. The Bertz CT molecular complexity index is 1440. The van der Waals surface area contributed by atoms with Crippen LogP contribution >= 0.6 is 0 Å². The number of anilines is 2. The minimum absolute atomic E-state index is 0.0470. The Balaban J connectivity index is 1.35. The van der Waals surface area contributed by atoms with Crippen LogP contribution in [0.4, 0.5) is 11.9 Å². The summed E-state index contributed by atoms with van der Waals surface area (Å²) in [5.74, 6) is 2.34. The quantitative estimate of drug-likeness (QED) is 0.491. The molecule has 0 aromatic carbocycles. The van der Waals surface area contributed by atoms with E-state index in [0.717, 1.165) is 63.3 Å². The average molecular weight is 633 g/mol. The first-order chi connectivity index (χ1) is 21.7. The summed E-state index contributed by atoms with van der Waals surface area (Å²) in [6, 6.07) is -0.518. The highest BCUT2D eigenvalue weighted by molar-refractivity contribution is 6.05. The molecule has 7 aliphatic rings. The zero-order valence-corrected chi connectivity index (χ0v) is 29.3. The molecule has 1 N–H and O–H groups in total. The van der Waals surface area contributed by atoms with Gasteiger partial charge in [-0.1, -0.05) is 25.7 Å². The topological polar surface area (TPSA) is 117 Å². The van der Waals surface area contributed by atoms with Gasteiger partial charge in [0.2, 0.25) is 11.9 Å². The number of hydrogen-bond acceptors (Lipinski definition) is 10. The van der Waals surface area contributed by atoms with Crippen molar-refractivity contribution in [2.45, 2.75) is 154 Å². The predicted octanol–water partition coefficient (Wildman–Crippen LogP) is 3.70. The number of nitrogens with one attached hydrogen (secondary N) is 1. The van der Waals surface area contributed by atoms with E-state index in [1.54, 1.807) is 6.33 Å². The number of ether oxygens (including phenoxy) is 1. The van der Waals surface area contributed by atoms with Crippen LogP contribution in [0.15, 0.2) is 16.3 Å². The summed E-state index contributed by atoms with van der Waals surface area (Å²) in [5.41, 5.74) is 12.5. The number of fused-ring (bicyclic) bond motifs is 5. The SMILES string of the molecule is CC1(C)CC(N=C2C([N])C3(CCCCCC3)C(C)(C)[N+]3(C4=NC(N5CCOCC5)N5c6ncnc(n6)N4C53)C2(C)C)CC(C)(C)N1. The average Bonchev–Trinajstić information content (AvgIpc) is 3.25. The van der Waals surface area contributed by atoms with Crippen LogP contribution in [-0.4, -0.2) is 109 Å². The van der Waals surface area contributed by atoms with E-state index < -0.39 is 11.6 Å². The van der Waals surface area contributed by atoms with Gasteiger partial charge in [-0.3, -0.25) is 9.89 Å². The second-order valence-electron chi connectivity index (χ2n) is 17.4. The maximum absolute atomic E-state index is 12.9. The number of nitrogens with zero attached hydrogens (tertiary/aromatic N) is 10. The van der Waals surface area contributed by atoms with E-state index in [-0.39, 0.29) is 40.7 Å². The highest BCUT2D eigenvalue weighted by Crippen LogP contribution is 2.66. The van der Waals surface area contributed by atoms with Gasteiger partial charge in [0.25, 0.3) is 6.29 Å².